The second-order valence-electron chi connectivity index (χ2n) is 12.1. The molecule has 5 aliphatic rings. The summed E-state index contributed by atoms with van der Waals surface area (Å²) >= 11 is 0. The highest BCUT2D eigenvalue weighted by molar-refractivity contribution is 5.86. The van der Waals surface area contributed by atoms with Crippen LogP contribution in [-0.4, -0.2) is 78.0 Å². The van der Waals surface area contributed by atoms with E-state index < -0.39 is 24.3 Å². The molecule has 3 aliphatic heterocycles. The molecule has 6 rings (SSSR count). The minimum Gasteiger partial charge on any atom is -0.482 e. The predicted molar refractivity (Wildman–Crippen MR) is 142 cm³/mol. The van der Waals surface area contributed by atoms with E-state index in [0.717, 1.165) is 50.9 Å². The van der Waals surface area contributed by atoms with Gasteiger partial charge in [0.2, 0.25) is 0 Å². The molecule has 2 bridgehead atoms. The second-order valence-corrected chi connectivity index (χ2v) is 12.1. The van der Waals surface area contributed by atoms with Crippen LogP contribution in [0.5, 0.6) is 11.5 Å². The molecule has 6 atom stereocenters. The summed E-state index contributed by atoms with van der Waals surface area (Å²) in [5.41, 5.74) is 4.95. The molecule has 9 heteroatoms. The van der Waals surface area contributed by atoms with Gasteiger partial charge in [0.1, 0.15) is 18.2 Å². The number of rotatable bonds is 6. The third kappa shape index (κ3) is 4.19. The Morgan fingerprint density at radius 3 is 2.74 bits per heavy atom. The Hall–Kier alpha value is -2.62. The summed E-state index contributed by atoms with van der Waals surface area (Å²) in [5.74, 6) is 1.14. The number of aliphatic hydroxyl groups excluding tert-OH is 1. The van der Waals surface area contributed by atoms with E-state index in [1.54, 1.807) is 6.07 Å². The number of carbonyl (C=O) groups excluding carboxylic acids is 2. The van der Waals surface area contributed by atoms with Gasteiger partial charge in [0.15, 0.2) is 11.5 Å². The zero-order valence-electron chi connectivity index (χ0n) is 22.6. The second kappa shape index (κ2) is 9.84. The molecule has 206 valence electrons. The molecule has 9 nitrogen and oxygen atoms in total. The number of hydrogen-bond acceptors (Lipinski definition) is 7. The Morgan fingerprint density at radius 1 is 1.18 bits per heavy atom. The minimum atomic E-state index is -0.718. The molecule has 2 amide bonds. The third-order valence-corrected chi connectivity index (χ3v) is 9.28. The molecule has 1 aromatic carbocycles. The highest BCUT2D eigenvalue weighted by atomic mass is 16.6. The van der Waals surface area contributed by atoms with Crippen molar-refractivity contribution in [2.24, 2.45) is 11.8 Å². The van der Waals surface area contributed by atoms with Crippen LogP contribution < -0.4 is 20.2 Å². The van der Waals surface area contributed by atoms with Crippen LogP contribution in [0.4, 0.5) is 4.79 Å². The fourth-order valence-electron chi connectivity index (χ4n) is 7.52. The van der Waals surface area contributed by atoms with Gasteiger partial charge in [-0.2, -0.15) is 0 Å². The van der Waals surface area contributed by atoms with Gasteiger partial charge in [0, 0.05) is 36.0 Å². The van der Waals surface area contributed by atoms with Crippen molar-refractivity contribution in [3.05, 3.63) is 35.4 Å². The van der Waals surface area contributed by atoms with Crippen LogP contribution in [0.25, 0.3) is 0 Å². The van der Waals surface area contributed by atoms with Gasteiger partial charge >= 0.3 is 6.09 Å². The van der Waals surface area contributed by atoms with Gasteiger partial charge in [-0.25, -0.2) is 9.80 Å². The fraction of sp³-hybridized carbons (Fsp3) is 0.655. The van der Waals surface area contributed by atoms with E-state index in [2.05, 4.69) is 28.8 Å². The Morgan fingerprint density at radius 2 is 1.97 bits per heavy atom. The van der Waals surface area contributed by atoms with Crippen LogP contribution >= 0.6 is 0 Å². The van der Waals surface area contributed by atoms with Gasteiger partial charge in [-0.15, -0.1) is 0 Å². The lowest BCUT2D eigenvalue weighted by Crippen LogP contribution is -2.64. The topological polar surface area (TPSA) is 103 Å². The third-order valence-electron chi connectivity index (χ3n) is 9.28. The van der Waals surface area contributed by atoms with Gasteiger partial charge in [-0.05, 0) is 63.2 Å². The predicted octanol–water partition coefficient (Wildman–Crippen LogP) is 2.51. The number of benzene rings is 1. The van der Waals surface area contributed by atoms with Crippen molar-refractivity contribution in [2.45, 2.75) is 82.1 Å². The van der Waals surface area contributed by atoms with Gasteiger partial charge in [0.25, 0.3) is 5.91 Å². The molecule has 2 aliphatic carbocycles. The van der Waals surface area contributed by atoms with Crippen LogP contribution in [0.2, 0.25) is 0 Å². The Balaban J connectivity index is 1.23. The number of hydrogen-bond donors (Lipinski definition) is 3. The number of nitrogens with zero attached hydrogens (tertiary/aromatic N) is 2. The standard InChI is InChI=1S/C29H40N4O5/c1-17(2)15-20(27(35)31-33-12-5-4-6-13-33)30-28(36)37-23-10-7-18-16-21-19-8-9-22(34)26-29(19,11-14-32(21)3)24(18)25(23)38-26/h7-10,17,19-22,26,34H,4-6,11-16H2,1-3H3,(H,30,36)(H,31,35)/t19?,20-,21?,22-,26-,29-/m0/s1. The molecule has 1 aromatic rings. The number of hydrazine groups is 1. The van der Waals surface area contributed by atoms with E-state index in [0.29, 0.717) is 24.0 Å². The van der Waals surface area contributed by atoms with Crippen molar-refractivity contribution < 1.29 is 24.2 Å². The molecular formula is C29H40N4O5. The molecule has 2 fully saturated rings. The zero-order valence-corrected chi connectivity index (χ0v) is 22.6. The number of ether oxygens (including phenoxy) is 2. The largest absolute Gasteiger partial charge is 0.482 e. The number of carbonyl (C=O) groups is 2. The fourth-order valence-corrected chi connectivity index (χ4v) is 7.52. The van der Waals surface area contributed by atoms with Crippen molar-refractivity contribution in [3.63, 3.8) is 0 Å². The van der Waals surface area contributed by atoms with Gasteiger partial charge in [0.05, 0.1) is 0 Å². The highest BCUT2D eigenvalue weighted by Crippen LogP contribution is 2.62. The summed E-state index contributed by atoms with van der Waals surface area (Å²) in [4.78, 5) is 28.6. The van der Waals surface area contributed by atoms with E-state index in [1.165, 1.54) is 12.0 Å². The van der Waals surface area contributed by atoms with Gasteiger partial charge < -0.3 is 24.8 Å². The summed E-state index contributed by atoms with van der Waals surface area (Å²) in [6.45, 7) is 6.62. The van der Waals surface area contributed by atoms with Gasteiger partial charge in [-0.3, -0.25) is 10.2 Å². The summed E-state index contributed by atoms with van der Waals surface area (Å²) in [6.07, 6.45) is 7.77. The minimum absolute atomic E-state index is 0.211. The smallest absolute Gasteiger partial charge is 0.413 e. The average Bonchev–Trinajstić information content (AvgIpc) is 3.24. The number of likely N-dealkylation sites (N-methyl/N-ethyl adjacent to an activating group) is 1. The van der Waals surface area contributed by atoms with Crippen LogP contribution in [-0.2, 0) is 16.6 Å². The number of amides is 2. The first-order valence-corrected chi connectivity index (χ1v) is 14.2. The Bertz CT molecular complexity index is 1130. The lowest BCUT2D eigenvalue weighted by atomic mass is 9.53. The number of likely N-dealkylation sites (tertiary alicyclic amines) is 1. The van der Waals surface area contributed by atoms with E-state index in [-0.39, 0.29) is 23.2 Å². The molecule has 38 heavy (non-hydrogen) atoms. The van der Waals surface area contributed by atoms with E-state index in [4.69, 9.17) is 9.47 Å². The van der Waals surface area contributed by atoms with Crippen molar-refractivity contribution in [3.8, 4) is 11.5 Å². The van der Waals surface area contributed by atoms with Crippen molar-refractivity contribution in [1.29, 1.82) is 0 Å². The lowest BCUT2D eigenvalue weighted by molar-refractivity contribution is -0.128. The molecule has 0 radical (unpaired) electrons. The summed E-state index contributed by atoms with van der Waals surface area (Å²) in [7, 11) is 2.17. The zero-order chi connectivity index (χ0) is 26.6. The molecule has 1 spiro atoms. The van der Waals surface area contributed by atoms with Crippen molar-refractivity contribution in [1.82, 2.24) is 20.7 Å². The normalized spacial score (nSPS) is 32.3. The lowest BCUT2D eigenvalue weighted by Gasteiger charge is -2.56. The van der Waals surface area contributed by atoms with E-state index >= 15 is 0 Å². The first-order valence-electron chi connectivity index (χ1n) is 14.2. The number of aliphatic hydroxyl groups is 1. The SMILES string of the molecule is CC(C)C[C@H](NC(=O)Oc1ccc2c3c1O[C@H]1[C@@H](O)C=CC4C(C2)N(C)CC[C@@]341)C(=O)NN1CCCCC1. The monoisotopic (exact) mass is 524 g/mol. The number of piperidine rings is 2. The molecule has 2 saturated heterocycles. The highest BCUT2D eigenvalue weighted by Gasteiger charge is 2.64. The van der Waals surface area contributed by atoms with Crippen LogP contribution in [0.3, 0.4) is 0 Å². The first-order chi connectivity index (χ1) is 18.3. The summed E-state index contributed by atoms with van der Waals surface area (Å²) in [6, 6.07) is 3.48. The molecule has 3 N–H and O–H groups in total. The van der Waals surface area contributed by atoms with Gasteiger partial charge in [-0.1, -0.05) is 38.5 Å². The summed E-state index contributed by atoms with van der Waals surface area (Å²) in [5, 5.41) is 15.7. The Labute approximate surface area is 224 Å². The van der Waals surface area contributed by atoms with Crippen molar-refractivity contribution in [2.75, 3.05) is 26.7 Å². The molecule has 0 saturated carbocycles. The quantitative estimate of drug-likeness (QED) is 0.492. The molecule has 2 unspecified atom stereocenters. The Kier molecular flexibility index (Phi) is 6.64. The maximum Gasteiger partial charge on any atom is 0.413 e. The average molecular weight is 525 g/mol. The molecular weight excluding hydrogens is 484 g/mol. The molecule has 3 heterocycles. The summed E-state index contributed by atoms with van der Waals surface area (Å²) < 4.78 is 12.3. The maximum absolute atomic E-state index is 13.1. The van der Waals surface area contributed by atoms with Crippen molar-refractivity contribution >= 4 is 12.0 Å². The van der Waals surface area contributed by atoms with Crippen LogP contribution in [0.1, 0.15) is 57.1 Å². The van der Waals surface area contributed by atoms with E-state index in [1.807, 2.05) is 31.0 Å². The van der Waals surface area contributed by atoms with Crippen LogP contribution in [0.15, 0.2) is 24.3 Å². The first kappa shape index (κ1) is 25.6. The maximum atomic E-state index is 13.1. The van der Waals surface area contributed by atoms with E-state index in [9.17, 15) is 14.7 Å². The molecule has 0 aromatic heterocycles. The number of nitrogens with one attached hydrogen (secondary N) is 2. The van der Waals surface area contributed by atoms with Crippen LogP contribution in [0, 0.1) is 11.8 Å².